The van der Waals surface area contributed by atoms with Gasteiger partial charge in [-0.3, -0.25) is 0 Å². The molecule has 0 saturated heterocycles. The Balaban J connectivity index is 2.21. The number of nitrogen functional groups attached to an aromatic ring is 1. The Kier molecular flexibility index (Phi) is 2.52. The van der Waals surface area contributed by atoms with E-state index in [0.29, 0.717) is 11.9 Å². The smallest absolute Gasteiger partial charge is 0.257 e. The van der Waals surface area contributed by atoms with Crippen LogP contribution in [0.5, 0.6) is 0 Å². The van der Waals surface area contributed by atoms with Crippen molar-refractivity contribution in [3.63, 3.8) is 0 Å². The molecule has 0 aliphatic heterocycles. The molecule has 3 rings (SSSR count). The van der Waals surface area contributed by atoms with E-state index < -0.39 is 0 Å². The lowest BCUT2D eigenvalue weighted by Gasteiger charge is -2.11. The predicted molar refractivity (Wildman–Crippen MR) is 73.2 cm³/mol. The zero-order valence-corrected chi connectivity index (χ0v) is 10.6. The highest BCUT2D eigenvalue weighted by Crippen LogP contribution is 2.17. The Morgan fingerprint density at radius 1 is 1.11 bits per heavy atom. The third-order valence-corrected chi connectivity index (χ3v) is 2.70. The number of para-hydroxylation sites is 1. The Morgan fingerprint density at radius 2 is 1.89 bits per heavy atom. The SMILES string of the molecule is CN(C)c1nc(N)nc(-n2ncc3ccccc32)n1. The number of fused-ring (bicyclic) bond motifs is 1. The van der Waals surface area contributed by atoms with Crippen LogP contribution in [-0.2, 0) is 0 Å². The van der Waals surface area contributed by atoms with E-state index in [1.807, 2.05) is 38.4 Å². The van der Waals surface area contributed by atoms with Crippen molar-refractivity contribution >= 4 is 22.8 Å². The monoisotopic (exact) mass is 255 g/mol. The highest BCUT2D eigenvalue weighted by molar-refractivity contribution is 5.79. The standard InChI is InChI=1S/C12H13N7/c1-18(2)11-15-10(13)16-12(17-11)19-9-6-4-3-5-8(9)7-14-19/h3-7H,1-2H3,(H2,13,15,16,17). The van der Waals surface area contributed by atoms with E-state index in [1.54, 1.807) is 15.8 Å². The van der Waals surface area contributed by atoms with Gasteiger partial charge in [-0.15, -0.1) is 0 Å². The van der Waals surface area contributed by atoms with Crippen molar-refractivity contribution in [1.29, 1.82) is 0 Å². The summed E-state index contributed by atoms with van der Waals surface area (Å²) in [4.78, 5) is 14.3. The van der Waals surface area contributed by atoms with Crippen LogP contribution < -0.4 is 10.6 Å². The van der Waals surface area contributed by atoms with Gasteiger partial charge in [0.1, 0.15) is 0 Å². The molecule has 0 aliphatic rings. The van der Waals surface area contributed by atoms with E-state index in [1.165, 1.54) is 0 Å². The number of benzene rings is 1. The van der Waals surface area contributed by atoms with Gasteiger partial charge in [0.25, 0.3) is 5.95 Å². The molecule has 0 saturated carbocycles. The second kappa shape index (κ2) is 4.20. The first-order valence-electron chi connectivity index (χ1n) is 5.77. The largest absolute Gasteiger partial charge is 0.368 e. The van der Waals surface area contributed by atoms with E-state index in [-0.39, 0.29) is 5.95 Å². The molecule has 96 valence electrons. The molecular weight excluding hydrogens is 242 g/mol. The number of nitrogens with two attached hydrogens (primary N) is 1. The lowest BCUT2D eigenvalue weighted by Crippen LogP contribution is -2.17. The summed E-state index contributed by atoms with van der Waals surface area (Å²) in [6.45, 7) is 0. The number of anilines is 2. The van der Waals surface area contributed by atoms with Crippen LogP contribution in [0.2, 0.25) is 0 Å². The Hall–Kier alpha value is -2.70. The van der Waals surface area contributed by atoms with Gasteiger partial charge in [-0.2, -0.15) is 24.7 Å². The molecule has 0 spiro atoms. The third-order valence-electron chi connectivity index (χ3n) is 2.70. The zero-order valence-electron chi connectivity index (χ0n) is 10.6. The second-order valence-electron chi connectivity index (χ2n) is 4.30. The quantitative estimate of drug-likeness (QED) is 0.731. The van der Waals surface area contributed by atoms with Crippen LogP contribution in [0.3, 0.4) is 0 Å². The minimum Gasteiger partial charge on any atom is -0.368 e. The lowest BCUT2D eigenvalue weighted by atomic mass is 10.3. The van der Waals surface area contributed by atoms with Gasteiger partial charge in [0.05, 0.1) is 11.7 Å². The predicted octanol–water partition coefficient (Wildman–Crippen LogP) is 0.859. The molecule has 2 heterocycles. The van der Waals surface area contributed by atoms with Gasteiger partial charge >= 0.3 is 0 Å². The molecule has 0 aliphatic carbocycles. The van der Waals surface area contributed by atoms with Gasteiger partial charge in [-0.05, 0) is 6.07 Å². The average Bonchev–Trinajstić information content (AvgIpc) is 2.81. The highest BCUT2D eigenvalue weighted by Gasteiger charge is 2.11. The minimum absolute atomic E-state index is 0.174. The molecule has 0 radical (unpaired) electrons. The molecule has 2 aromatic heterocycles. The molecule has 1 aromatic carbocycles. The molecule has 7 nitrogen and oxygen atoms in total. The molecule has 3 aromatic rings. The lowest BCUT2D eigenvalue weighted by molar-refractivity contribution is 0.813. The third kappa shape index (κ3) is 1.95. The molecule has 0 unspecified atom stereocenters. The van der Waals surface area contributed by atoms with Gasteiger partial charge in [-0.25, -0.2) is 0 Å². The van der Waals surface area contributed by atoms with Crippen molar-refractivity contribution in [2.75, 3.05) is 24.7 Å². The fraction of sp³-hybridized carbons (Fsp3) is 0.167. The van der Waals surface area contributed by atoms with Gasteiger partial charge in [0, 0.05) is 19.5 Å². The molecule has 0 bridgehead atoms. The molecule has 19 heavy (non-hydrogen) atoms. The van der Waals surface area contributed by atoms with E-state index in [2.05, 4.69) is 20.1 Å². The zero-order chi connectivity index (χ0) is 13.4. The van der Waals surface area contributed by atoms with Crippen LogP contribution in [0.15, 0.2) is 30.5 Å². The minimum atomic E-state index is 0.174. The van der Waals surface area contributed by atoms with Crippen molar-refractivity contribution in [3.05, 3.63) is 30.5 Å². The maximum absolute atomic E-state index is 5.72. The maximum Gasteiger partial charge on any atom is 0.257 e. The maximum atomic E-state index is 5.72. The van der Waals surface area contributed by atoms with Crippen LogP contribution in [-0.4, -0.2) is 38.8 Å². The summed E-state index contributed by atoms with van der Waals surface area (Å²) >= 11 is 0. The van der Waals surface area contributed by atoms with E-state index in [0.717, 1.165) is 10.9 Å². The first-order valence-corrected chi connectivity index (χ1v) is 5.77. The van der Waals surface area contributed by atoms with Crippen LogP contribution in [0, 0.1) is 0 Å². The summed E-state index contributed by atoms with van der Waals surface area (Å²) < 4.78 is 1.65. The van der Waals surface area contributed by atoms with Crippen LogP contribution in [0.25, 0.3) is 16.9 Å². The summed E-state index contributed by atoms with van der Waals surface area (Å²) in [6.07, 6.45) is 1.77. The highest BCUT2D eigenvalue weighted by atomic mass is 15.4. The number of aromatic nitrogens is 5. The summed E-state index contributed by atoms with van der Waals surface area (Å²) in [5, 5.41) is 5.32. The normalized spacial score (nSPS) is 10.8. The molecule has 0 amide bonds. The summed E-state index contributed by atoms with van der Waals surface area (Å²) in [5.74, 6) is 1.09. The summed E-state index contributed by atoms with van der Waals surface area (Å²) in [6, 6.07) is 7.84. The fourth-order valence-corrected chi connectivity index (χ4v) is 1.80. The van der Waals surface area contributed by atoms with Crippen molar-refractivity contribution in [2.45, 2.75) is 0 Å². The first-order chi connectivity index (χ1) is 9.15. The fourth-order valence-electron chi connectivity index (χ4n) is 1.80. The van der Waals surface area contributed by atoms with Gasteiger partial charge in [-0.1, -0.05) is 18.2 Å². The number of nitrogens with zero attached hydrogens (tertiary/aromatic N) is 6. The van der Waals surface area contributed by atoms with Gasteiger partial charge in [0.15, 0.2) is 0 Å². The second-order valence-corrected chi connectivity index (χ2v) is 4.30. The van der Waals surface area contributed by atoms with Crippen LogP contribution in [0.4, 0.5) is 11.9 Å². The molecule has 2 N–H and O–H groups in total. The van der Waals surface area contributed by atoms with E-state index >= 15 is 0 Å². The summed E-state index contributed by atoms with van der Waals surface area (Å²) in [7, 11) is 3.69. The van der Waals surface area contributed by atoms with Crippen LogP contribution in [0.1, 0.15) is 0 Å². The van der Waals surface area contributed by atoms with Crippen molar-refractivity contribution in [3.8, 4) is 5.95 Å². The Labute approximate surface area is 109 Å². The first kappa shape index (κ1) is 11.4. The average molecular weight is 255 g/mol. The van der Waals surface area contributed by atoms with E-state index in [4.69, 9.17) is 5.73 Å². The van der Waals surface area contributed by atoms with Crippen molar-refractivity contribution in [2.24, 2.45) is 0 Å². The molecule has 0 atom stereocenters. The van der Waals surface area contributed by atoms with Gasteiger partial charge in [0.2, 0.25) is 11.9 Å². The van der Waals surface area contributed by atoms with Crippen LogP contribution >= 0.6 is 0 Å². The Morgan fingerprint density at radius 3 is 2.68 bits per heavy atom. The number of rotatable bonds is 2. The van der Waals surface area contributed by atoms with E-state index in [9.17, 15) is 0 Å². The topological polar surface area (TPSA) is 85.8 Å². The molecular formula is C12H13N7. The summed E-state index contributed by atoms with van der Waals surface area (Å²) in [5.41, 5.74) is 6.65. The van der Waals surface area contributed by atoms with Crippen molar-refractivity contribution in [1.82, 2.24) is 24.7 Å². The number of hydrogen-bond donors (Lipinski definition) is 1. The molecule has 0 fully saturated rings. The van der Waals surface area contributed by atoms with Crippen molar-refractivity contribution < 1.29 is 0 Å². The number of hydrogen-bond acceptors (Lipinski definition) is 6. The Bertz CT molecular complexity index is 732. The molecule has 7 heteroatoms. The van der Waals surface area contributed by atoms with Gasteiger partial charge < -0.3 is 10.6 Å².